The molecule has 0 aromatic carbocycles. The fourth-order valence-corrected chi connectivity index (χ4v) is 2.14. The molecule has 1 heterocycles. The number of carbonyl (C=O) groups excluding carboxylic acids is 1. The molecule has 1 saturated heterocycles. The van der Waals surface area contributed by atoms with Gasteiger partial charge in [0.15, 0.2) is 0 Å². The van der Waals surface area contributed by atoms with Crippen molar-refractivity contribution in [2.75, 3.05) is 13.1 Å². The Labute approximate surface area is 108 Å². The standard InChI is InChI=1S/C13H23FN2O2/c1-13(2,3)18-12(17)16-7-6-11(10(14)8-16)15-9-4-5-9/h9-11,15H,4-8H2,1-3H3/t10-,11-/m0/s1. The number of ether oxygens (including phenoxy) is 1. The first-order chi connectivity index (χ1) is 8.35. The van der Waals surface area contributed by atoms with Gasteiger partial charge in [-0.05, 0) is 40.0 Å². The van der Waals surface area contributed by atoms with Gasteiger partial charge in [-0.2, -0.15) is 0 Å². The monoisotopic (exact) mass is 258 g/mol. The minimum Gasteiger partial charge on any atom is -0.444 e. The van der Waals surface area contributed by atoms with E-state index in [0.29, 0.717) is 19.0 Å². The van der Waals surface area contributed by atoms with Gasteiger partial charge >= 0.3 is 6.09 Å². The van der Waals surface area contributed by atoms with E-state index in [1.54, 1.807) is 0 Å². The van der Waals surface area contributed by atoms with Crippen LogP contribution in [0.1, 0.15) is 40.0 Å². The lowest BCUT2D eigenvalue weighted by atomic mass is 10.0. The molecule has 0 spiro atoms. The number of piperidine rings is 1. The maximum Gasteiger partial charge on any atom is 0.410 e. The molecule has 2 fully saturated rings. The highest BCUT2D eigenvalue weighted by molar-refractivity contribution is 5.68. The fourth-order valence-electron chi connectivity index (χ4n) is 2.14. The number of likely N-dealkylation sites (tertiary alicyclic amines) is 1. The van der Waals surface area contributed by atoms with E-state index in [0.717, 1.165) is 12.8 Å². The van der Waals surface area contributed by atoms with Gasteiger partial charge in [-0.3, -0.25) is 0 Å². The van der Waals surface area contributed by atoms with Gasteiger partial charge in [0.05, 0.1) is 6.54 Å². The second-order valence-corrected chi connectivity index (χ2v) is 6.28. The number of hydrogen-bond donors (Lipinski definition) is 1. The molecular weight excluding hydrogens is 235 g/mol. The molecule has 4 nitrogen and oxygen atoms in total. The van der Waals surface area contributed by atoms with Gasteiger partial charge < -0.3 is 15.0 Å². The fraction of sp³-hybridized carbons (Fsp3) is 0.923. The van der Waals surface area contributed by atoms with Crippen molar-refractivity contribution in [2.24, 2.45) is 0 Å². The molecule has 0 radical (unpaired) electrons. The topological polar surface area (TPSA) is 41.6 Å². The van der Waals surface area contributed by atoms with Crippen molar-refractivity contribution in [1.82, 2.24) is 10.2 Å². The van der Waals surface area contributed by atoms with Crippen LogP contribution in [0.4, 0.5) is 9.18 Å². The number of nitrogens with zero attached hydrogens (tertiary/aromatic N) is 1. The van der Waals surface area contributed by atoms with E-state index in [4.69, 9.17) is 4.74 Å². The summed E-state index contributed by atoms with van der Waals surface area (Å²) in [6, 6.07) is 0.400. The summed E-state index contributed by atoms with van der Waals surface area (Å²) >= 11 is 0. The number of carbonyl (C=O) groups is 1. The molecule has 0 unspecified atom stereocenters. The summed E-state index contributed by atoms with van der Waals surface area (Å²) in [5.74, 6) is 0. The highest BCUT2D eigenvalue weighted by atomic mass is 19.1. The van der Waals surface area contributed by atoms with E-state index in [1.165, 1.54) is 4.90 Å². The third-order valence-corrected chi connectivity index (χ3v) is 3.22. The van der Waals surface area contributed by atoms with Crippen molar-refractivity contribution < 1.29 is 13.9 Å². The Bertz CT molecular complexity index is 313. The van der Waals surface area contributed by atoms with Crippen molar-refractivity contribution in [2.45, 2.75) is 63.9 Å². The Balaban J connectivity index is 1.81. The summed E-state index contributed by atoms with van der Waals surface area (Å²) in [5, 5.41) is 3.30. The average Bonchev–Trinajstić information content (AvgIpc) is 3.02. The molecule has 0 aromatic heterocycles. The average molecular weight is 258 g/mol. The lowest BCUT2D eigenvalue weighted by molar-refractivity contribution is 0.00936. The number of halogens is 1. The van der Waals surface area contributed by atoms with Crippen molar-refractivity contribution in [3.63, 3.8) is 0 Å². The van der Waals surface area contributed by atoms with E-state index in [9.17, 15) is 9.18 Å². The van der Waals surface area contributed by atoms with E-state index >= 15 is 0 Å². The molecule has 5 heteroatoms. The zero-order valence-electron chi connectivity index (χ0n) is 11.4. The van der Waals surface area contributed by atoms with Crippen LogP contribution in [0, 0.1) is 0 Å². The lowest BCUT2D eigenvalue weighted by Gasteiger charge is -2.36. The van der Waals surface area contributed by atoms with Crippen molar-refractivity contribution in [3.05, 3.63) is 0 Å². The zero-order chi connectivity index (χ0) is 13.3. The molecule has 1 amide bonds. The number of amides is 1. The Morgan fingerprint density at radius 2 is 2.00 bits per heavy atom. The van der Waals surface area contributed by atoms with Crippen LogP contribution in [-0.2, 0) is 4.74 Å². The Kier molecular flexibility index (Phi) is 3.80. The molecule has 2 aliphatic rings. The van der Waals surface area contributed by atoms with Gasteiger partial charge in [-0.1, -0.05) is 0 Å². The van der Waals surface area contributed by atoms with Crippen LogP contribution in [0.2, 0.25) is 0 Å². The minimum atomic E-state index is -0.994. The molecule has 104 valence electrons. The lowest BCUT2D eigenvalue weighted by Crippen LogP contribution is -2.53. The minimum absolute atomic E-state index is 0.101. The first-order valence-electron chi connectivity index (χ1n) is 6.73. The Hall–Kier alpha value is -0.840. The van der Waals surface area contributed by atoms with E-state index in [1.807, 2.05) is 20.8 Å². The molecule has 0 aromatic rings. The van der Waals surface area contributed by atoms with Crippen LogP contribution in [0.15, 0.2) is 0 Å². The molecule has 18 heavy (non-hydrogen) atoms. The van der Waals surface area contributed by atoms with E-state index < -0.39 is 17.9 Å². The van der Waals surface area contributed by atoms with Crippen molar-refractivity contribution in [3.8, 4) is 0 Å². The summed E-state index contributed by atoms with van der Waals surface area (Å²) in [6.07, 6.45) is 1.57. The van der Waals surface area contributed by atoms with Gasteiger partial charge in [0.2, 0.25) is 0 Å². The predicted octanol–water partition coefficient (Wildman–Crippen LogP) is 2.09. The molecule has 2 rings (SSSR count). The molecule has 1 aliphatic carbocycles. The molecular formula is C13H23FN2O2. The van der Waals surface area contributed by atoms with E-state index in [2.05, 4.69) is 5.32 Å². The second-order valence-electron chi connectivity index (χ2n) is 6.28. The number of nitrogens with one attached hydrogen (secondary N) is 1. The molecule has 0 bridgehead atoms. The normalized spacial score (nSPS) is 29.2. The highest BCUT2D eigenvalue weighted by Gasteiger charge is 2.36. The second kappa shape index (κ2) is 5.03. The summed E-state index contributed by atoms with van der Waals surface area (Å²) < 4.78 is 19.2. The summed E-state index contributed by atoms with van der Waals surface area (Å²) in [7, 11) is 0. The van der Waals surface area contributed by atoms with Crippen LogP contribution in [0.25, 0.3) is 0 Å². The smallest absolute Gasteiger partial charge is 0.410 e. The third kappa shape index (κ3) is 3.83. The van der Waals surface area contributed by atoms with Gasteiger partial charge in [0, 0.05) is 18.6 Å². The molecule has 1 N–H and O–H groups in total. The van der Waals surface area contributed by atoms with Gasteiger partial charge in [0.1, 0.15) is 11.8 Å². The van der Waals surface area contributed by atoms with E-state index in [-0.39, 0.29) is 12.6 Å². The summed E-state index contributed by atoms with van der Waals surface area (Å²) in [6.45, 7) is 6.16. The zero-order valence-corrected chi connectivity index (χ0v) is 11.4. The van der Waals surface area contributed by atoms with Gasteiger partial charge in [0.25, 0.3) is 0 Å². The molecule has 1 saturated carbocycles. The van der Waals surface area contributed by atoms with Gasteiger partial charge in [-0.15, -0.1) is 0 Å². The Morgan fingerprint density at radius 1 is 1.33 bits per heavy atom. The maximum atomic E-state index is 14.0. The third-order valence-electron chi connectivity index (χ3n) is 3.22. The quantitative estimate of drug-likeness (QED) is 0.824. The largest absolute Gasteiger partial charge is 0.444 e. The predicted molar refractivity (Wildman–Crippen MR) is 67.3 cm³/mol. The first kappa shape index (κ1) is 13.6. The summed E-state index contributed by atoms with van der Waals surface area (Å²) in [5.41, 5.74) is -0.522. The highest BCUT2D eigenvalue weighted by Crippen LogP contribution is 2.24. The van der Waals surface area contributed by atoms with Gasteiger partial charge in [-0.25, -0.2) is 9.18 Å². The van der Waals surface area contributed by atoms with Crippen molar-refractivity contribution >= 4 is 6.09 Å². The van der Waals surface area contributed by atoms with Crippen LogP contribution < -0.4 is 5.32 Å². The van der Waals surface area contributed by atoms with Crippen molar-refractivity contribution in [1.29, 1.82) is 0 Å². The molecule has 2 atom stereocenters. The number of rotatable bonds is 2. The summed E-state index contributed by atoms with van der Waals surface area (Å²) in [4.78, 5) is 13.3. The molecule has 1 aliphatic heterocycles. The Morgan fingerprint density at radius 3 is 2.50 bits per heavy atom. The SMILES string of the molecule is CC(C)(C)OC(=O)N1CC[C@H](NC2CC2)[C@@H](F)C1. The number of alkyl halides is 1. The van der Waals surface area contributed by atoms with Crippen LogP contribution in [0.3, 0.4) is 0 Å². The van der Waals surface area contributed by atoms with Crippen LogP contribution in [0.5, 0.6) is 0 Å². The number of hydrogen-bond acceptors (Lipinski definition) is 3. The van der Waals surface area contributed by atoms with Crippen LogP contribution in [-0.4, -0.2) is 47.9 Å². The maximum absolute atomic E-state index is 14.0. The van der Waals surface area contributed by atoms with Crippen LogP contribution >= 0.6 is 0 Å². The first-order valence-corrected chi connectivity index (χ1v) is 6.73.